The predicted molar refractivity (Wildman–Crippen MR) is 366 cm³/mol. The number of nitrogens with zero attached hydrogens (tertiary/aromatic N) is 7. The van der Waals surface area contributed by atoms with Gasteiger partial charge in [-0.2, -0.15) is 0 Å². The molecule has 8 aromatic rings. The molecule has 0 saturated carbocycles. The number of thioether (sulfide) groups is 1. The molecule has 12 bridgehead atoms. The molecule has 37 heteroatoms. The number of thiazole rings is 5. The van der Waals surface area contributed by atoms with Crippen LogP contribution in [0.1, 0.15) is 132 Å². The Morgan fingerprint density at radius 3 is 2.14 bits per heavy atom. The number of rotatable bonds is 8. The lowest BCUT2D eigenvalue weighted by Crippen LogP contribution is -2.62. The van der Waals surface area contributed by atoms with Crippen molar-refractivity contribution in [2.24, 2.45) is 5.73 Å². The number of fused-ring (bicyclic) bond motifs is 15. The molecule has 1 saturated heterocycles. The lowest BCUT2D eigenvalue weighted by atomic mass is 9.85. The Hall–Kier alpha value is -8.99. The second-order valence-electron chi connectivity index (χ2n) is 23.9. The molecule has 12 rings (SSSR count). The monoisotopic (exact) mass is 1480 g/mol. The van der Waals surface area contributed by atoms with Gasteiger partial charge in [0.05, 0.1) is 62.1 Å². The van der Waals surface area contributed by atoms with E-state index in [0.717, 1.165) is 68.4 Å². The first-order chi connectivity index (χ1) is 47.7. The van der Waals surface area contributed by atoms with E-state index in [0.29, 0.717) is 22.0 Å². The number of methoxy groups -OCH3 is 2. The minimum atomic E-state index is -1.85. The van der Waals surface area contributed by atoms with Gasteiger partial charge in [0.2, 0.25) is 11.0 Å². The van der Waals surface area contributed by atoms with Crippen LogP contribution in [0.25, 0.3) is 48.6 Å². The van der Waals surface area contributed by atoms with Crippen molar-refractivity contribution in [1.29, 1.82) is 0 Å². The predicted octanol–water partition coefficient (Wildman–Crippen LogP) is 5.26. The van der Waals surface area contributed by atoms with E-state index in [-0.39, 0.29) is 112 Å². The van der Waals surface area contributed by atoms with E-state index in [1.54, 1.807) is 51.5 Å². The minimum Gasteiger partial charge on any atom is -0.506 e. The molecule has 1 aromatic carbocycles. The van der Waals surface area contributed by atoms with Gasteiger partial charge in [-0.1, -0.05) is 23.9 Å². The van der Waals surface area contributed by atoms with Crippen LogP contribution in [0.4, 0.5) is 0 Å². The van der Waals surface area contributed by atoms with Crippen molar-refractivity contribution in [3.05, 3.63) is 124 Å². The maximum absolute atomic E-state index is 15.3. The first-order valence-corrected chi connectivity index (χ1v) is 35.9. The number of esters is 1. The van der Waals surface area contributed by atoms with E-state index < -0.39 is 125 Å². The van der Waals surface area contributed by atoms with Gasteiger partial charge in [-0.05, 0) is 66.4 Å². The normalized spacial score (nSPS) is 24.8. The summed E-state index contributed by atoms with van der Waals surface area (Å²) in [6.07, 6.45) is -7.33. The van der Waals surface area contributed by atoms with Crippen LogP contribution < -0.4 is 32.3 Å². The molecule has 7 aromatic heterocycles. The number of aliphatic hydroxyl groups is 2. The number of carbonyl (C=O) groups is 8. The van der Waals surface area contributed by atoms with Crippen LogP contribution in [-0.2, 0) is 56.0 Å². The average Bonchev–Trinajstić information content (AvgIpc) is 1.54. The molecule has 4 aliphatic heterocycles. The number of hydrogen-bond acceptors (Lipinski definition) is 30. The van der Waals surface area contributed by atoms with Crippen molar-refractivity contribution in [3.8, 4) is 37.7 Å². The average molecular weight is 1480 g/mol. The molecule has 1 fully saturated rings. The number of aromatic amines is 1. The van der Waals surface area contributed by atoms with Crippen molar-refractivity contribution in [2.45, 2.75) is 115 Å². The molecule has 11 N–H and O–H groups in total. The summed E-state index contributed by atoms with van der Waals surface area (Å²) in [5, 5.41) is 55.8. The lowest BCUT2D eigenvalue weighted by molar-refractivity contribution is -0.280. The fourth-order valence-corrected chi connectivity index (χ4v) is 17.1. The third kappa shape index (κ3) is 14.2. The lowest BCUT2D eigenvalue weighted by Gasteiger charge is -2.48. The van der Waals surface area contributed by atoms with Gasteiger partial charge in [0.1, 0.15) is 113 Å². The van der Waals surface area contributed by atoms with Crippen LogP contribution in [0.15, 0.2) is 68.4 Å². The van der Waals surface area contributed by atoms with E-state index in [1.807, 2.05) is 4.90 Å². The maximum atomic E-state index is 15.3. The smallest absolute Gasteiger partial charge is 0.338 e. The maximum Gasteiger partial charge on any atom is 0.338 e. The van der Waals surface area contributed by atoms with Crippen LogP contribution in [0, 0.1) is 0 Å². The molecule has 31 nitrogen and oxygen atoms in total. The second-order valence-corrected chi connectivity index (χ2v) is 29.2. The van der Waals surface area contributed by atoms with Crippen LogP contribution in [0.3, 0.4) is 0 Å². The first kappa shape index (κ1) is 70.9. The molecular weight excluding hydrogens is 1420 g/mol. The van der Waals surface area contributed by atoms with Crippen molar-refractivity contribution >= 4 is 132 Å². The number of H-pyrrole nitrogens is 1. The molecule has 0 aliphatic carbocycles. The Morgan fingerprint density at radius 2 is 1.44 bits per heavy atom. The summed E-state index contributed by atoms with van der Waals surface area (Å²) in [5.41, 5.74) is 4.25. The van der Waals surface area contributed by atoms with Crippen LogP contribution in [0.2, 0.25) is 0 Å². The van der Waals surface area contributed by atoms with Gasteiger partial charge in [-0.3, -0.25) is 33.6 Å². The van der Waals surface area contributed by atoms with Gasteiger partial charge >= 0.3 is 5.97 Å². The zero-order valence-corrected chi connectivity index (χ0v) is 59.3. The Morgan fingerprint density at radius 1 is 0.780 bits per heavy atom. The topological polar surface area (TPSA) is 435 Å². The van der Waals surface area contributed by atoms with E-state index in [9.17, 15) is 34.5 Å². The zero-order chi connectivity index (χ0) is 71.3. The molecule has 10 atom stereocenters. The number of amides is 6. The highest BCUT2D eigenvalue weighted by Crippen LogP contribution is 2.43. The number of pyridine rings is 1. The van der Waals surface area contributed by atoms with E-state index in [2.05, 4.69) is 46.5 Å². The summed E-state index contributed by atoms with van der Waals surface area (Å²) >= 11 is 5.54. The summed E-state index contributed by atoms with van der Waals surface area (Å²) in [5.74, 6) is -7.31. The van der Waals surface area contributed by atoms with Crippen LogP contribution in [-0.4, -0.2) is 184 Å². The molecule has 4 aliphatic rings. The Bertz CT molecular complexity index is 4660. The number of hydrogen-bond donors (Lipinski definition) is 10. The molecule has 6 amide bonds. The third-order valence-corrected chi connectivity index (χ3v) is 22.1. The van der Waals surface area contributed by atoms with Gasteiger partial charge in [0.25, 0.3) is 29.5 Å². The second kappa shape index (κ2) is 28.9. The fourth-order valence-electron chi connectivity index (χ4n) is 11.9. The highest BCUT2D eigenvalue weighted by Gasteiger charge is 2.50. The third-order valence-electron chi connectivity index (χ3n) is 16.8. The number of nitrogens with two attached hydrogens (primary N) is 1. The quantitative estimate of drug-likeness (QED) is 0.0526. The van der Waals surface area contributed by atoms with Crippen LogP contribution >= 0.6 is 68.4 Å². The number of aliphatic hydroxyl groups excluding tert-OH is 1. The number of ether oxygens (including phenoxy) is 6. The number of primary amides is 1. The van der Waals surface area contributed by atoms with Gasteiger partial charge in [0.15, 0.2) is 12.4 Å². The van der Waals surface area contributed by atoms with E-state index >= 15 is 19.2 Å². The summed E-state index contributed by atoms with van der Waals surface area (Å²) in [4.78, 5) is 149. The molecule has 524 valence electrons. The highest BCUT2D eigenvalue weighted by molar-refractivity contribution is 8.14. The van der Waals surface area contributed by atoms with Crippen LogP contribution in [0.5, 0.6) is 5.75 Å². The van der Waals surface area contributed by atoms with Crippen molar-refractivity contribution in [2.75, 3.05) is 34.1 Å². The van der Waals surface area contributed by atoms with Gasteiger partial charge in [-0.25, -0.2) is 34.7 Å². The first-order valence-electron chi connectivity index (χ1n) is 30.5. The number of cyclic esters (lactones) is 1. The largest absolute Gasteiger partial charge is 0.506 e. The van der Waals surface area contributed by atoms with Crippen molar-refractivity contribution < 1.29 is 82.1 Å². The Labute approximate surface area is 592 Å². The molecule has 11 heterocycles. The Kier molecular flexibility index (Phi) is 20.5. The summed E-state index contributed by atoms with van der Waals surface area (Å²) in [6.45, 7) is 6.64. The minimum absolute atomic E-state index is 0.0136. The van der Waals surface area contributed by atoms with Gasteiger partial charge < -0.3 is 85.9 Å². The summed E-state index contributed by atoms with van der Waals surface area (Å²) < 4.78 is 37.3. The molecular formula is C63H64N14O17S6. The molecule has 6 unspecified atom stereocenters. The summed E-state index contributed by atoms with van der Waals surface area (Å²) in [7, 11) is 6.11. The number of allylic oxidation sites excluding steroid dienone is 2. The van der Waals surface area contributed by atoms with Crippen molar-refractivity contribution in [1.82, 2.24) is 66.4 Å². The SMILES string of the molecule is CO/C(C)=C1/NC(=O)C(C(C)O)NC(=O)c2csc(n2)-c2cc(O)c(-c3nc(C(N)=O)cs3)nc2-c2nc(cs2)C2CSC(=O)c3[nH]c4cccc5c4c3COC(C(O[C@H]3C[C@](C)(O)[C@H](N(C)C)[C@H](C)O3)C(=O)OC5)C(NC(=O)c3csc(n3)/C(=C(/C)OC)NC1=O)c1nc(cs1)C(=O)N2. The van der Waals surface area contributed by atoms with E-state index in [1.165, 1.54) is 62.6 Å². The van der Waals surface area contributed by atoms with Gasteiger partial charge in [0, 0.05) is 61.1 Å². The highest BCUT2D eigenvalue weighted by atomic mass is 32.2. The molecule has 0 radical (unpaired) electrons. The van der Waals surface area contributed by atoms with Gasteiger partial charge in [-0.15, -0.1) is 56.7 Å². The number of aromatic nitrogens is 7. The Balaban J connectivity index is 1.04. The molecule has 100 heavy (non-hydrogen) atoms. The number of carbonyl (C=O) groups excluding carboxylic acids is 8. The number of aromatic hydroxyl groups is 1. The number of benzene rings is 1. The van der Waals surface area contributed by atoms with E-state index in [4.69, 9.17) is 49.1 Å². The number of nitrogens with one attached hydrogen (secondary N) is 6. The summed E-state index contributed by atoms with van der Waals surface area (Å²) in [6, 6.07) is 1.47. The fraction of sp³-hybridized carbons (Fsp3) is 0.365. The number of likely N-dealkylation sites (N-methyl/N-ethyl adjacent to an activating group) is 1. The zero-order valence-electron chi connectivity index (χ0n) is 54.4. The standard InChI is InChI=1S/C63H64N14O17S6/c1-23(78)40-54(84)74-41(24(2)89-8)55(85)75-42(25(3)90-9)57-70-36(22-98-57)53(83)76-46-47-48(94-38-14-63(5,88)49(77(6)7)26(4)93-38)61(86)92-15-27-11-10-12-30-39(27)29(16-91-47)44(65-30)62(87)100-18-31(66-51(81)34-21-99-60(46)71-34)32-17-96-58(67-32)43-28(56-69-35(20-95-56)52(82)73-40)13-37(79)45(72-43)59-68-33(19-97-59)50(64)80/h10-13,17,19-23,26,31,38,40,46-49,65,78-79,88H,14-16,18H2,1-9H3,(H2,64,80)(H,66,81)(H,73,82)(H,74,84)(H,75,85)(H,76,83)/b41-24+,42-25+/t23?,26-,31?,38-,40?,46?,47?,48?,49+,63-/m0/s1. The van der Waals surface area contributed by atoms with Crippen molar-refractivity contribution in [3.63, 3.8) is 0 Å². The molecule has 0 spiro atoms.